The average Bonchev–Trinajstić information content (AvgIpc) is 3.06. The van der Waals surface area contributed by atoms with E-state index in [0.29, 0.717) is 12.1 Å². The van der Waals surface area contributed by atoms with Crippen LogP contribution < -0.4 is 0 Å². The topological polar surface area (TPSA) is 50.9 Å². The van der Waals surface area contributed by atoms with Crippen LogP contribution in [0.3, 0.4) is 0 Å². The first-order valence-electron chi connectivity index (χ1n) is 8.63. The normalized spacial score (nSPS) is 13.1. The Morgan fingerprint density at radius 1 is 1.03 bits per heavy atom. The fourth-order valence-corrected chi connectivity index (χ4v) is 3.44. The van der Waals surface area contributed by atoms with Crippen molar-refractivity contribution in [3.8, 4) is 23.6 Å². The second kappa shape index (κ2) is 8.65. The van der Waals surface area contributed by atoms with E-state index in [-0.39, 0.29) is 38.6 Å². The van der Waals surface area contributed by atoms with Crippen molar-refractivity contribution < 1.29 is 31.4 Å². The van der Waals surface area contributed by atoms with Crippen LogP contribution in [0.2, 0.25) is 10.2 Å². The Labute approximate surface area is 187 Å². The predicted octanol–water partition coefficient (Wildman–Crippen LogP) is 6.00. The molecule has 0 spiro atoms. The van der Waals surface area contributed by atoms with Gasteiger partial charge in [-0.2, -0.15) is 26.3 Å². The number of aliphatic hydroxyl groups is 1. The number of aliphatic hydroxyl groups excluding tert-OH is 1. The Hall–Kier alpha value is -2.74. The molecule has 4 nitrogen and oxygen atoms in total. The maximum atomic E-state index is 13.1. The minimum absolute atomic E-state index is 0.00533. The summed E-state index contributed by atoms with van der Waals surface area (Å²) in [4.78, 5) is 0. The van der Waals surface area contributed by atoms with E-state index < -0.39 is 36.1 Å². The molecule has 1 unspecified atom stereocenters. The highest BCUT2D eigenvalue weighted by molar-refractivity contribution is 6.36. The molecule has 0 radical (unpaired) electrons. The van der Waals surface area contributed by atoms with Crippen LogP contribution >= 0.6 is 23.2 Å². The van der Waals surface area contributed by atoms with Gasteiger partial charge in [0.25, 0.3) is 0 Å². The molecule has 0 aliphatic heterocycles. The lowest BCUT2D eigenvalue weighted by atomic mass is 10.0. The van der Waals surface area contributed by atoms with Crippen LogP contribution in [-0.4, -0.2) is 20.1 Å². The Morgan fingerprint density at radius 3 is 2.16 bits per heavy atom. The second-order valence-electron chi connectivity index (χ2n) is 6.58. The molecular weight excluding hydrogens is 483 g/mol. The van der Waals surface area contributed by atoms with E-state index in [9.17, 15) is 31.4 Å². The van der Waals surface area contributed by atoms with Crippen LogP contribution in [0.5, 0.6) is 0 Å². The minimum atomic E-state index is -4.99. The molecule has 0 saturated heterocycles. The summed E-state index contributed by atoms with van der Waals surface area (Å²) in [5.41, 5.74) is -2.85. The van der Waals surface area contributed by atoms with Gasteiger partial charge >= 0.3 is 12.4 Å². The third kappa shape index (κ3) is 4.85. The molecule has 1 N–H and O–H groups in total. The molecule has 0 bridgehead atoms. The lowest BCUT2D eigenvalue weighted by Gasteiger charge is -2.14. The lowest BCUT2D eigenvalue weighted by molar-refractivity contribution is -0.143. The first-order chi connectivity index (χ1) is 14.8. The van der Waals surface area contributed by atoms with Crippen LogP contribution in [0.4, 0.5) is 26.3 Å². The zero-order chi connectivity index (χ0) is 23.8. The summed E-state index contributed by atoms with van der Waals surface area (Å²) >= 11 is 12.5. The van der Waals surface area contributed by atoms with Crippen molar-refractivity contribution in [2.24, 2.45) is 0 Å². The van der Waals surface area contributed by atoms with Gasteiger partial charge in [-0.05, 0) is 23.8 Å². The molecule has 0 saturated carbocycles. The van der Waals surface area contributed by atoms with Crippen molar-refractivity contribution in [1.82, 2.24) is 15.0 Å². The van der Waals surface area contributed by atoms with Crippen molar-refractivity contribution in [3.05, 3.63) is 68.8 Å². The largest absolute Gasteiger partial charge is 0.416 e. The fraction of sp³-hybridized carbons (Fsp3) is 0.200. The standard InChI is InChI=1S/C20H11Cl2F6N3O/c1-2-15(32)13-4-3-5-14(16(13)21)17-18(22)31(30-29-17)9-10-6-11(19(23,24)25)8-12(7-10)20(26,27)28/h1,3-8,15,32H,9H2. The van der Waals surface area contributed by atoms with E-state index in [1.807, 2.05) is 0 Å². The maximum absolute atomic E-state index is 13.1. The van der Waals surface area contributed by atoms with Crippen LogP contribution in [0, 0.1) is 12.3 Å². The highest BCUT2D eigenvalue weighted by Crippen LogP contribution is 2.38. The van der Waals surface area contributed by atoms with Gasteiger partial charge in [-0.3, -0.25) is 0 Å². The number of alkyl halides is 6. The summed E-state index contributed by atoms with van der Waals surface area (Å²) in [7, 11) is 0. The van der Waals surface area contributed by atoms with E-state index in [1.54, 1.807) is 0 Å². The van der Waals surface area contributed by atoms with Gasteiger partial charge in [-0.25, -0.2) is 4.68 Å². The first kappa shape index (κ1) is 23.9. The molecule has 3 aromatic rings. The summed E-state index contributed by atoms with van der Waals surface area (Å²) in [5.74, 6) is 2.10. The predicted molar refractivity (Wildman–Crippen MR) is 105 cm³/mol. The van der Waals surface area contributed by atoms with Crippen LogP contribution in [-0.2, 0) is 18.9 Å². The highest BCUT2D eigenvalue weighted by atomic mass is 35.5. The molecule has 0 aliphatic carbocycles. The first-order valence-corrected chi connectivity index (χ1v) is 9.39. The van der Waals surface area contributed by atoms with Gasteiger partial charge < -0.3 is 5.11 Å². The molecule has 3 rings (SSSR count). The Kier molecular flexibility index (Phi) is 6.47. The lowest BCUT2D eigenvalue weighted by Crippen LogP contribution is -2.13. The molecule has 1 aromatic heterocycles. The van der Waals surface area contributed by atoms with E-state index in [0.717, 1.165) is 4.68 Å². The number of rotatable bonds is 4. The smallest absolute Gasteiger partial charge is 0.376 e. The minimum Gasteiger partial charge on any atom is -0.376 e. The Bertz CT molecular complexity index is 1170. The molecule has 0 fully saturated rings. The number of halogens is 8. The van der Waals surface area contributed by atoms with Crippen molar-refractivity contribution in [3.63, 3.8) is 0 Å². The van der Waals surface area contributed by atoms with Gasteiger partial charge in [0.05, 0.1) is 22.7 Å². The summed E-state index contributed by atoms with van der Waals surface area (Å²) in [6.07, 6.45) is -6.10. The van der Waals surface area contributed by atoms with Gasteiger partial charge in [-0.1, -0.05) is 52.5 Å². The third-order valence-corrected chi connectivity index (χ3v) is 5.19. The SMILES string of the molecule is C#CC(O)c1cccc(-c2nnn(Cc3cc(C(F)(F)F)cc(C(F)(F)F)c3)c2Cl)c1Cl. The molecule has 2 aromatic carbocycles. The van der Waals surface area contributed by atoms with Crippen LogP contribution in [0.15, 0.2) is 36.4 Å². The molecule has 0 aliphatic rings. The second-order valence-corrected chi connectivity index (χ2v) is 7.31. The van der Waals surface area contributed by atoms with Gasteiger partial charge in [0, 0.05) is 11.1 Å². The summed E-state index contributed by atoms with van der Waals surface area (Å²) in [6, 6.07) is 5.64. The fourth-order valence-electron chi connectivity index (χ4n) is 2.88. The van der Waals surface area contributed by atoms with E-state index in [2.05, 4.69) is 16.2 Å². The molecule has 168 valence electrons. The van der Waals surface area contributed by atoms with Crippen molar-refractivity contribution in [2.45, 2.75) is 25.0 Å². The monoisotopic (exact) mass is 493 g/mol. The quantitative estimate of drug-likeness (QED) is 0.358. The Balaban J connectivity index is 2.03. The van der Waals surface area contributed by atoms with Crippen LogP contribution in [0.25, 0.3) is 11.3 Å². The zero-order valence-electron chi connectivity index (χ0n) is 15.6. The van der Waals surface area contributed by atoms with Crippen molar-refractivity contribution >= 4 is 23.2 Å². The molecule has 1 atom stereocenters. The molecule has 32 heavy (non-hydrogen) atoms. The molecule has 1 heterocycles. The van der Waals surface area contributed by atoms with Crippen molar-refractivity contribution in [2.75, 3.05) is 0 Å². The molecule has 0 amide bonds. The number of hydrogen-bond donors (Lipinski definition) is 1. The number of benzene rings is 2. The zero-order valence-corrected chi connectivity index (χ0v) is 17.2. The van der Waals surface area contributed by atoms with Gasteiger partial charge in [0.1, 0.15) is 11.8 Å². The van der Waals surface area contributed by atoms with Crippen molar-refractivity contribution in [1.29, 1.82) is 0 Å². The van der Waals surface area contributed by atoms with E-state index in [4.69, 9.17) is 29.6 Å². The average molecular weight is 494 g/mol. The van der Waals surface area contributed by atoms with Gasteiger partial charge in [0.2, 0.25) is 0 Å². The summed E-state index contributed by atoms with van der Waals surface area (Å²) in [6.45, 7) is -0.525. The van der Waals surface area contributed by atoms with E-state index in [1.165, 1.54) is 18.2 Å². The third-order valence-electron chi connectivity index (χ3n) is 4.39. The molecule has 12 heteroatoms. The number of terminal acetylenes is 1. The number of hydrogen-bond acceptors (Lipinski definition) is 3. The highest BCUT2D eigenvalue weighted by Gasteiger charge is 2.37. The van der Waals surface area contributed by atoms with E-state index >= 15 is 0 Å². The number of aromatic nitrogens is 3. The van der Waals surface area contributed by atoms with Gasteiger partial charge in [-0.15, -0.1) is 11.5 Å². The maximum Gasteiger partial charge on any atom is 0.416 e. The Morgan fingerprint density at radius 2 is 1.62 bits per heavy atom. The number of nitrogens with zero attached hydrogens (tertiary/aromatic N) is 3. The van der Waals surface area contributed by atoms with Gasteiger partial charge in [0.15, 0.2) is 5.15 Å². The van der Waals surface area contributed by atoms with Crippen LogP contribution in [0.1, 0.15) is 28.4 Å². The molecular formula is C20H11Cl2F6N3O. The summed E-state index contributed by atoms with van der Waals surface area (Å²) in [5, 5.41) is 17.2. The summed E-state index contributed by atoms with van der Waals surface area (Å²) < 4.78 is 79.4.